The van der Waals surface area contributed by atoms with Gasteiger partial charge in [0, 0.05) is 20.0 Å². The zero-order valence-corrected chi connectivity index (χ0v) is 18.0. The third-order valence-electron chi connectivity index (χ3n) is 5.66. The largest absolute Gasteiger partial charge is 0.452 e. The van der Waals surface area contributed by atoms with E-state index in [0.717, 1.165) is 11.3 Å². The van der Waals surface area contributed by atoms with E-state index < -0.39 is 23.9 Å². The lowest BCUT2D eigenvalue weighted by Crippen LogP contribution is -2.34. The van der Waals surface area contributed by atoms with E-state index in [4.69, 9.17) is 4.74 Å². The fourth-order valence-electron chi connectivity index (χ4n) is 3.68. The molecule has 3 atom stereocenters. The zero-order chi connectivity index (χ0) is 22.0. The highest BCUT2D eigenvalue weighted by atomic mass is 16.5. The minimum atomic E-state index is -0.979. The van der Waals surface area contributed by atoms with Crippen LogP contribution >= 0.6 is 0 Å². The molecule has 1 fully saturated rings. The van der Waals surface area contributed by atoms with Crippen LogP contribution in [-0.2, 0) is 26.2 Å². The lowest BCUT2D eigenvalue weighted by Gasteiger charge is -2.25. The average Bonchev–Trinajstić information content (AvgIpc) is 3.22. The predicted molar refractivity (Wildman–Crippen MR) is 112 cm³/mol. The molecule has 0 unspecified atom stereocenters. The molecular formula is C22H28N4O4. The van der Waals surface area contributed by atoms with Crippen molar-refractivity contribution in [2.45, 2.75) is 46.3 Å². The van der Waals surface area contributed by atoms with E-state index in [1.54, 1.807) is 23.6 Å². The van der Waals surface area contributed by atoms with E-state index in [1.807, 2.05) is 44.2 Å². The number of amides is 2. The molecule has 8 nitrogen and oxygen atoms in total. The number of esters is 1. The third kappa shape index (κ3) is 4.37. The summed E-state index contributed by atoms with van der Waals surface area (Å²) in [7, 11) is 1.79. The van der Waals surface area contributed by atoms with Crippen LogP contribution in [0.15, 0.2) is 30.3 Å². The molecule has 8 heteroatoms. The van der Waals surface area contributed by atoms with Gasteiger partial charge in [0.2, 0.25) is 5.91 Å². The highest BCUT2D eigenvalue weighted by Gasteiger charge is 2.39. The first-order valence-electron chi connectivity index (χ1n) is 10.0. The van der Waals surface area contributed by atoms with Gasteiger partial charge in [-0.15, -0.1) is 0 Å². The van der Waals surface area contributed by atoms with Crippen LogP contribution in [0.4, 0.5) is 5.69 Å². The van der Waals surface area contributed by atoms with Crippen LogP contribution < -0.4 is 5.32 Å². The quantitative estimate of drug-likeness (QED) is 0.736. The minimum Gasteiger partial charge on any atom is -0.452 e. The summed E-state index contributed by atoms with van der Waals surface area (Å²) in [6.07, 6.45) is -0.891. The first-order valence-corrected chi connectivity index (χ1v) is 10.0. The Bertz CT molecular complexity index is 954. The number of nitrogens with zero attached hydrogens (tertiary/aromatic N) is 3. The van der Waals surface area contributed by atoms with Gasteiger partial charge in [-0.05, 0) is 33.3 Å². The summed E-state index contributed by atoms with van der Waals surface area (Å²) >= 11 is 0. The second-order valence-electron chi connectivity index (χ2n) is 7.77. The molecule has 2 aromatic rings. The Morgan fingerprint density at radius 2 is 1.87 bits per heavy atom. The van der Waals surface area contributed by atoms with Crippen molar-refractivity contribution in [1.29, 1.82) is 0 Å². The van der Waals surface area contributed by atoms with Gasteiger partial charge in [0.1, 0.15) is 0 Å². The average molecular weight is 412 g/mol. The molecule has 1 aromatic heterocycles. The van der Waals surface area contributed by atoms with Crippen LogP contribution in [-0.4, -0.2) is 45.1 Å². The second-order valence-corrected chi connectivity index (χ2v) is 7.77. The van der Waals surface area contributed by atoms with Gasteiger partial charge in [0.15, 0.2) is 6.10 Å². The van der Waals surface area contributed by atoms with Gasteiger partial charge in [0.25, 0.3) is 5.91 Å². The van der Waals surface area contributed by atoms with Crippen molar-refractivity contribution >= 4 is 23.5 Å². The maximum absolute atomic E-state index is 12.6. The number of anilines is 1. The van der Waals surface area contributed by atoms with Crippen LogP contribution in [0.3, 0.4) is 0 Å². The molecule has 160 valence electrons. The Labute approximate surface area is 176 Å². The summed E-state index contributed by atoms with van der Waals surface area (Å²) in [5, 5.41) is 7.03. The SMILES string of the molecule is Cc1nn(C)c(C)c1NC(=O)[C@@H](C)OC(=O)[C@H]1CC(=O)N([C@@H](C)c2ccccc2)C1. The number of likely N-dealkylation sites (tertiary alicyclic amines) is 1. The molecule has 1 N–H and O–H groups in total. The van der Waals surface area contributed by atoms with Crippen molar-refractivity contribution < 1.29 is 19.1 Å². The fraction of sp³-hybridized carbons (Fsp3) is 0.455. The number of hydrogen-bond acceptors (Lipinski definition) is 5. The fourth-order valence-corrected chi connectivity index (χ4v) is 3.68. The summed E-state index contributed by atoms with van der Waals surface area (Å²) < 4.78 is 7.05. The molecule has 1 saturated heterocycles. The molecule has 0 bridgehead atoms. The zero-order valence-electron chi connectivity index (χ0n) is 18.0. The molecule has 0 spiro atoms. The Hall–Kier alpha value is -3.16. The standard InChI is InChI=1S/C22H28N4O4/c1-13-20(15(3)25(5)24-13)23-21(28)16(4)30-22(29)18-11-19(27)26(12-18)14(2)17-9-7-6-8-10-17/h6-10,14,16,18H,11-12H2,1-5H3,(H,23,28)/t14-,16+,18-/m0/s1. The molecule has 30 heavy (non-hydrogen) atoms. The summed E-state index contributed by atoms with van der Waals surface area (Å²) in [6.45, 7) is 7.39. The number of rotatable bonds is 6. The minimum absolute atomic E-state index is 0.0885. The van der Waals surface area contributed by atoms with Gasteiger partial charge in [-0.3, -0.25) is 19.1 Å². The first kappa shape index (κ1) is 21.5. The van der Waals surface area contributed by atoms with E-state index in [0.29, 0.717) is 11.4 Å². The summed E-state index contributed by atoms with van der Waals surface area (Å²) in [4.78, 5) is 39.3. The van der Waals surface area contributed by atoms with Crippen molar-refractivity contribution in [3.63, 3.8) is 0 Å². The molecule has 0 aliphatic carbocycles. The van der Waals surface area contributed by atoms with Gasteiger partial charge in [-0.25, -0.2) is 0 Å². The number of benzene rings is 1. The van der Waals surface area contributed by atoms with Crippen LogP contribution in [0.5, 0.6) is 0 Å². The molecule has 3 rings (SSSR count). The number of carbonyl (C=O) groups is 3. The topological polar surface area (TPSA) is 93.5 Å². The maximum atomic E-state index is 12.6. The number of aryl methyl sites for hydroxylation is 2. The summed E-state index contributed by atoms with van der Waals surface area (Å²) in [6, 6.07) is 9.54. The molecule has 0 radical (unpaired) electrons. The number of hydrogen-bond donors (Lipinski definition) is 1. The molecule has 1 aromatic carbocycles. The number of ether oxygens (including phenoxy) is 1. The second kappa shape index (κ2) is 8.69. The first-order chi connectivity index (χ1) is 14.2. The highest BCUT2D eigenvalue weighted by molar-refractivity contribution is 5.96. The van der Waals surface area contributed by atoms with E-state index in [2.05, 4.69) is 10.4 Å². The third-order valence-corrected chi connectivity index (χ3v) is 5.66. The Balaban J connectivity index is 1.59. The van der Waals surface area contributed by atoms with E-state index >= 15 is 0 Å². The Kier molecular flexibility index (Phi) is 6.24. The van der Waals surface area contributed by atoms with Gasteiger partial charge < -0.3 is 15.0 Å². The van der Waals surface area contributed by atoms with Crippen LogP contribution in [0.1, 0.15) is 43.3 Å². The number of carbonyl (C=O) groups excluding carboxylic acids is 3. The lowest BCUT2D eigenvalue weighted by atomic mass is 10.1. The van der Waals surface area contributed by atoms with Crippen LogP contribution in [0.2, 0.25) is 0 Å². The van der Waals surface area contributed by atoms with Gasteiger partial charge in [0.05, 0.1) is 29.0 Å². The van der Waals surface area contributed by atoms with E-state index in [1.165, 1.54) is 6.92 Å². The Morgan fingerprint density at radius 3 is 2.47 bits per heavy atom. The highest BCUT2D eigenvalue weighted by Crippen LogP contribution is 2.29. The predicted octanol–water partition coefficient (Wildman–Crippen LogP) is 2.52. The van der Waals surface area contributed by atoms with Gasteiger partial charge in [-0.2, -0.15) is 5.10 Å². The summed E-state index contributed by atoms with van der Waals surface area (Å²) in [5.74, 6) is -1.64. The number of nitrogens with one attached hydrogen (secondary N) is 1. The van der Waals surface area contributed by atoms with Crippen molar-refractivity contribution in [3.05, 3.63) is 47.3 Å². The molecule has 1 aliphatic rings. The summed E-state index contributed by atoms with van der Waals surface area (Å²) in [5.41, 5.74) is 3.12. The Morgan fingerprint density at radius 1 is 1.20 bits per heavy atom. The van der Waals surface area contributed by atoms with Gasteiger partial charge >= 0.3 is 5.97 Å². The molecule has 2 amide bonds. The van der Waals surface area contributed by atoms with E-state index in [-0.39, 0.29) is 24.9 Å². The lowest BCUT2D eigenvalue weighted by molar-refractivity contribution is -0.157. The van der Waals surface area contributed by atoms with Crippen molar-refractivity contribution in [2.24, 2.45) is 13.0 Å². The van der Waals surface area contributed by atoms with Crippen LogP contribution in [0.25, 0.3) is 0 Å². The van der Waals surface area contributed by atoms with Crippen molar-refractivity contribution in [3.8, 4) is 0 Å². The number of aromatic nitrogens is 2. The van der Waals surface area contributed by atoms with E-state index in [9.17, 15) is 14.4 Å². The molecular weight excluding hydrogens is 384 g/mol. The normalized spacial score (nSPS) is 18.2. The van der Waals surface area contributed by atoms with Gasteiger partial charge in [-0.1, -0.05) is 30.3 Å². The maximum Gasteiger partial charge on any atom is 0.312 e. The van der Waals surface area contributed by atoms with Crippen molar-refractivity contribution in [2.75, 3.05) is 11.9 Å². The molecule has 1 aliphatic heterocycles. The molecule has 0 saturated carbocycles. The van der Waals surface area contributed by atoms with Crippen LogP contribution in [0, 0.1) is 19.8 Å². The van der Waals surface area contributed by atoms with Crippen molar-refractivity contribution in [1.82, 2.24) is 14.7 Å². The molecule has 2 heterocycles. The smallest absolute Gasteiger partial charge is 0.312 e. The monoisotopic (exact) mass is 412 g/mol.